The SMILES string of the molecule is CCOC1(c2nc(-c3coc(C(F)(F)F)n3)no2)CCCC1. The lowest BCUT2D eigenvalue weighted by Crippen LogP contribution is -2.26. The van der Waals surface area contributed by atoms with Crippen LogP contribution in [0.4, 0.5) is 13.2 Å². The summed E-state index contributed by atoms with van der Waals surface area (Å²) in [5.74, 6) is -1.10. The van der Waals surface area contributed by atoms with Crippen LogP contribution in [0.2, 0.25) is 0 Å². The van der Waals surface area contributed by atoms with E-state index in [4.69, 9.17) is 9.26 Å². The molecule has 0 aliphatic heterocycles. The monoisotopic (exact) mass is 317 g/mol. The molecule has 0 atom stereocenters. The van der Waals surface area contributed by atoms with Gasteiger partial charge in [0.2, 0.25) is 5.82 Å². The third kappa shape index (κ3) is 2.60. The van der Waals surface area contributed by atoms with Crippen LogP contribution in [0.15, 0.2) is 15.2 Å². The van der Waals surface area contributed by atoms with Crippen molar-refractivity contribution in [3.63, 3.8) is 0 Å². The molecule has 0 spiro atoms. The van der Waals surface area contributed by atoms with E-state index in [9.17, 15) is 13.2 Å². The van der Waals surface area contributed by atoms with E-state index in [0.29, 0.717) is 6.61 Å². The van der Waals surface area contributed by atoms with Crippen molar-refractivity contribution in [3.8, 4) is 11.5 Å². The van der Waals surface area contributed by atoms with Crippen molar-refractivity contribution in [1.82, 2.24) is 15.1 Å². The Morgan fingerprint density at radius 1 is 1.27 bits per heavy atom. The van der Waals surface area contributed by atoms with Crippen LogP contribution in [-0.4, -0.2) is 21.7 Å². The molecule has 0 N–H and O–H groups in total. The van der Waals surface area contributed by atoms with Crippen LogP contribution in [0.5, 0.6) is 0 Å². The summed E-state index contributed by atoms with van der Waals surface area (Å²) in [6.07, 6.45) is -0.355. The maximum atomic E-state index is 12.5. The summed E-state index contributed by atoms with van der Waals surface area (Å²) in [5.41, 5.74) is -0.761. The van der Waals surface area contributed by atoms with Gasteiger partial charge in [0.15, 0.2) is 5.69 Å². The number of hydrogen-bond acceptors (Lipinski definition) is 6. The van der Waals surface area contributed by atoms with Crippen molar-refractivity contribution in [3.05, 3.63) is 18.0 Å². The molecule has 2 heterocycles. The van der Waals surface area contributed by atoms with Crippen LogP contribution >= 0.6 is 0 Å². The van der Waals surface area contributed by atoms with Crippen molar-refractivity contribution in [2.45, 2.75) is 44.4 Å². The predicted molar refractivity (Wildman–Crippen MR) is 66.6 cm³/mol. The van der Waals surface area contributed by atoms with Gasteiger partial charge in [0, 0.05) is 6.61 Å². The summed E-state index contributed by atoms with van der Waals surface area (Å²) in [6.45, 7) is 2.35. The average molecular weight is 317 g/mol. The number of hydrogen-bond donors (Lipinski definition) is 0. The number of aromatic nitrogens is 3. The first-order valence-corrected chi connectivity index (χ1v) is 6.96. The Morgan fingerprint density at radius 3 is 2.59 bits per heavy atom. The topological polar surface area (TPSA) is 74.2 Å². The Labute approximate surface area is 123 Å². The van der Waals surface area contributed by atoms with E-state index in [1.165, 1.54) is 0 Å². The van der Waals surface area contributed by atoms with Gasteiger partial charge in [0.1, 0.15) is 11.9 Å². The average Bonchev–Trinajstić information content (AvgIpc) is 3.18. The van der Waals surface area contributed by atoms with Crippen LogP contribution in [-0.2, 0) is 16.5 Å². The Morgan fingerprint density at radius 2 is 2.00 bits per heavy atom. The zero-order valence-corrected chi connectivity index (χ0v) is 11.8. The normalized spacial score (nSPS) is 18.0. The molecule has 3 rings (SSSR count). The van der Waals surface area contributed by atoms with Crippen molar-refractivity contribution in [2.75, 3.05) is 6.61 Å². The highest BCUT2D eigenvalue weighted by Gasteiger charge is 2.42. The summed E-state index contributed by atoms with van der Waals surface area (Å²) in [6, 6.07) is 0. The minimum atomic E-state index is -4.65. The van der Waals surface area contributed by atoms with Gasteiger partial charge in [0.25, 0.3) is 5.89 Å². The van der Waals surface area contributed by atoms with Crippen LogP contribution in [0.3, 0.4) is 0 Å². The van der Waals surface area contributed by atoms with Gasteiger partial charge in [-0.2, -0.15) is 18.2 Å². The molecule has 0 bridgehead atoms. The number of oxazole rings is 1. The Hall–Kier alpha value is -1.90. The minimum absolute atomic E-state index is 0.0415. The van der Waals surface area contributed by atoms with Gasteiger partial charge < -0.3 is 13.7 Å². The molecule has 0 saturated heterocycles. The van der Waals surface area contributed by atoms with Crippen LogP contribution in [0, 0.1) is 0 Å². The maximum absolute atomic E-state index is 12.5. The van der Waals surface area contributed by atoms with E-state index in [1.54, 1.807) is 0 Å². The highest BCUT2D eigenvalue weighted by Crippen LogP contribution is 2.41. The largest absolute Gasteiger partial charge is 0.468 e. The number of halogens is 3. The molecule has 2 aromatic heterocycles. The highest BCUT2D eigenvalue weighted by molar-refractivity contribution is 5.46. The van der Waals surface area contributed by atoms with E-state index in [0.717, 1.165) is 31.9 Å². The van der Waals surface area contributed by atoms with Gasteiger partial charge in [0.05, 0.1) is 0 Å². The zero-order chi connectivity index (χ0) is 15.8. The molecule has 1 fully saturated rings. The maximum Gasteiger partial charge on any atom is 0.468 e. The molecule has 0 amide bonds. The lowest BCUT2D eigenvalue weighted by atomic mass is 10.0. The summed E-state index contributed by atoms with van der Waals surface area (Å²) < 4.78 is 52.8. The Kier molecular flexibility index (Phi) is 3.67. The first-order valence-electron chi connectivity index (χ1n) is 6.96. The number of ether oxygens (including phenoxy) is 1. The molecule has 0 radical (unpaired) electrons. The third-order valence-electron chi connectivity index (χ3n) is 3.62. The molecule has 1 aliphatic carbocycles. The summed E-state index contributed by atoms with van der Waals surface area (Å²) >= 11 is 0. The van der Waals surface area contributed by atoms with E-state index in [1.807, 2.05) is 6.92 Å². The highest BCUT2D eigenvalue weighted by atomic mass is 19.4. The second-order valence-electron chi connectivity index (χ2n) is 5.09. The van der Waals surface area contributed by atoms with Gasteiger partial charge in [-0.15, -0.1) is 0 Å². The van der Waals surface area contributed by atoms with E-state index >= 15 is 0 Å². The Bertz CT molecular complexity index is 644. The van der Waals surface area contributed by atoms with Crippen molar-refractivity contribution >= 4 is 0 Å². The summed E-state index contributed by atoms with van der Waals surface area (Å²) in [5, 5.41) is 3.70. The predicted octanol–water partition coefficient (Wildman–Crippen LogP) is 3.55. The van der Waals surface area contributed by atoms with E-state index in [-0.39, 0.29) is 17.4 Å². The van der Waals surface area contributed by atoms with Gasteiger partial charge >= 0.3 is 12.1 Å². The first-order chi connectivity index (χ1) is 10.4. The molecule has 120 valence electrons. The van der Waals surface area contributed by atoms with Gasteiger partial charge in [-0.1, -0.05) is 5.16 Å². The number of rotatable bonds is 4. The van der Waals surface area contributed by atoms with Gasteiger partial charge in [-0.05, 0) is 32.6 Å². The molecule has 0 unspecified atom stereocenters. The third-order valence-corrected chi connectivity index (χ3v) is 3.62. The van der Waals surface area contributed by atoms with Crippen LogP contribution in [0.1, 0.15) is 44.4 Å². The van der Waals surface area contributed by atoms with Crippen molar-refractivity contribution in [1.29, 1.82) is 0 Å². The molecule has 22 heavy (non-hydrogen) atoms. The van der Waals surface area contributed by atoms with E-state index < -0.39 is 17.7 Å². The molecule has 0 aromatic carbocycles. The summed E-state index contributed by atoms with van der Waals surface area (Å²) in [4.78, 5) is 7.50. The molecule has 6 nitrogen and oxygen atoms in total. The van der Waals surface area contributed by atoms with Crippen molar-refractivity contribution in [2.24, 2.45) is 0 Å². The Balaban J connectivity index is 1.89. The fourth-order valence-corrected chi connectivity index (χ4v) is 2.66. The molecular weight excluding hydrogens is 303 g/mol. The standard InChI is InChI=1S/C13H14F3N3O3/c1-2-21-12(5-3-4-6-12)10-18-9(19-22-10)8-7-20-11(17-8)13(14,15)16/h7H,2-6H2,1H3. The fraction of sp³-hybridized carbons (Fsp3) is 0.615. The first kappa shape index (κ1) is 15.0. The second kappa shape index (κ2) is 5.38. The number of alkyl halides is 3. The zero-order valence-electron chi connectivity index (χ0n) is 11.8. The van der Waals surface area contributed by atoms with Gasteiger partial charge in [-0.25, -0.2) is 4.98 Å². The number of nitrogens with zero attached hydrogens (tertiary/aromatic N) is 3. The quantitative estimate of drug-likeness (QED) is 0.858. The lowest BCUT2D eigenvalue weighted by Gasteiger charge is -2.23. The summed E-state index contributed by atoms with van der Waals surface area (Å²) in [7, 11) is 0. The van der Waals surface area contributed by atoms with Crippen molar-refractivity contribution < 1.29 is 26.8 Å². The van der Waals surface area contributed by atoms with E-state index in [2.05, 4.69) is 19.5 Å². The minimum Gasteiger partial charge on any atom is -0.441 e. The molecule has 2 aromatic rings. The second-order valence-corrected chi connectivity index (χ2v) is 5.09. The molecular formula is C13H14F3N3O3. The van der Waals surface area contributed by atoms with Gasteiger partial charge in [-0.3, -0.25) is 0 Å². The smallest absolute Gasteiger partial charge is 0.441 e. The van der Waals surface area contributed by atoms with Crippen LogP contribution < -0.4 is 0 Å². The molecule has 9 heteroatoms. The molecule has 1 aliphatic rings. The molecule has 1 saturated carbocycles. The fourth-order valence-electron chi connectivity index (χ4n) is 2.66. The van der Waals surface area contributed by atoms with Crippen LogP contribution in [0.25, 0.3) is 11.5 Å². The lowest BCUT2D eigenvalue weighted by molar-refractivity contribution is -0.157.